The molecule has 0 atom stereocenters. The number of aromatic nitrogens is 3. The molecule has 2 heterocycles. The minimum atomic E-state index is 0.348. The normalized spacial score (nSPS) is 10.9. The Morgan fingerprint density at radius 2 is 1.86 bits per heavy atom. The third-order valence-electron chi connectivity index (χ3n) is 3.14. The maximum absolute atomic E-state index is 5.89. The predicted molar refractivity (Wildman–Crippen MR) is 85.1 cm³/mol. The molecule has 0 saturated heterocycles. The van der Waals surface area contributed by atoms with Crippen LogP contribution in [0.3, 0.4) is 0 Å². The van der Waals surface area contributed by atoms with Crippen molar-refractivity contribution in [2.24, 2.45) is 0 Å². The van der Waals surface area contributed by atoms with E-state index in [2.05, 4.69) is 31.1 Å². The second kappa shape index (κ2) is 5.54. The highest BCUT2D eigenvalue weighted by molar-refractivity contribution is 9.10. The number of hydrogen-bond donors (Lipinski definition) is 1. The van der Waals surface area contributed by atoms with Gasteiger partial charge in [0, 0.05) is 10.9 Å². The molecule has 0 amide bonds. The first-order valence-electron chi connectivity index (χ1n) is 6.07. The van der Waals surface area contributed by atoms with Crippen LogP contribution in [0.1, 0.15) is 0 Å². The molecule has 2 aromatic heterocycles. The molecule has 7 heteroatoms. The Morgan fingerprint density at radius 1 is 1.10 bits per heavy atom. The highest BCUT2D eigenvalue weighted by Crippen LogP contribution is 2.38. The number of rotatable bonds is 3. The summed E-state index contributed by atoms with van der Waals surface area (Å²) < 4.78 is 11.4. The summed E-state index contributed by atoms with van der Waals surface area (Å²) in [5, 5.41) is 9.10. The second-order valence-electron chi connectivity index (χ2n) is 4.31. The largest absolute Gasteiger partial charge is 0.493 e. The van der Waals surface area contributed by atoms with Crippen LogP contribution in [0.4, 0.5) is 0 Å². The predicted octanol–water partition coefficient (Wildman–Crippen LogP) is 4.06. The Labute approximate surface area is 134 Å². The number of benzene rings is 1. The fourth-order valence-electron chi connectivity index (χ4n) is 2.13. The molecule has 3 rings (SSSR count). The molecule has 3 aromatic rings. The molecule has 0 radical (unpaired) electrons. The molecule has 0 fully saturated rings. The summed E-state index contributed by atoms with van der Waals surface area (Å²) >= 11 is 9.46. The number of hydrogen-bond acceptors (Lipinski definition) is 4. The maximum atomic E-state index is 5.89. The molecule has 108 valence electrons. The van der Waals surface area contributed by atoms with Gasteiger partial charge in [0.2, 0.25) is 0 Å². The molecule has 0 aliphatic carbocycles. The van der Waals surface area contributed by atoms with E-state index in [9.17, 15) is 0 Å². The zero-order valence-electron chi connectivity index (χ0n) is 11.3. The quantitative estimate of drug-likeness (QED) is 0.757. The van der Waals surface area contributed by atoms with E-state index in [0.717, 1.165) is 21.1 Å². The van der Waals surface area contributed by atoms with Crippen molar-refractivity contribution in [3.63, 3.8) is 0 Å². The number of aromatic amines is 1. The van der Waals surface area contributed by atoms with Gasteiger partial charge in [0.1, 0.15) is 0 Å². The van der Waals surface area contributed by atoms with Gasteiger partial charge in [-0.05, 0) is 40.2 Å². The van der Waals surface area contributed by atoms with E-state index in [0.29, 0.717) is 22.3 Å². The summed E-state index contributed by atoms with van der Waals surface area (Å²) in [6.45, 7) is 0. The zero-order valence-corrected chi connectivity index (χ0v) is 13.6. The van der Waals surface area contributed by atoms with Crippen molar-refractivity contribution in [2.75, 3.05) is 14.2 Å². The van der Waals surface area contributed by atoms with Crippen LogP contribution >= 0.6 is 27.5 Å². The van der Waals surface area contributed by atoms with Crippen LogP contribution in [0, 0.1) is 0 Å². The number of nitrogens with one attached hydrogen (secondary N) is 1. The Bertz CT molecular complexity index is 819. The first-order valence-corrected chi connectivity index (χ1v) is 7.24. The van der Waals surface area contributed by atoms with Gasteiger partial charge in [-0.2, -0.15) is 0 Å². The van der Waals surface area contributed by atoms with Gasteiger partial charge in [-0.15, -0.1) is 10.2 Å². The Hall–Kier alpha value is -1.79. The summed E-state index contributed by atoms with van der Waals surface area (Å²) in [4.78, 5) is 3.22. The molecular formula is C14H11BrClN3O2. The van der Waals surface area contributed by atoms with Crippen molar-refractivity contribution in [2.45, 2.75) is 0 Å². The summed E-state index contributed by atoms with van der Waals surface area (Å²) in [5.41, 5.74) is 2.48. The van der Waals surface area contributed by atoms with E-state index in [1.54, 1.807) is 20.3 Å². The van der Waals surface area contributed by atoms with Gasteiger partial charge in [-0.1, -0.05) is 11.6 Å². The van der Waals surface area contributed by atoms with Crippen molar-refractivity contribution in [3.8, 4) is 22.8 Å². The molecule has 0 aliphatic heterocycles. The lowest BCUT2D eigenvalue weighted by Crippen LogP contribution is -1.91. The lowest BCUT2D eigenvalue weighted by atomic mass is 10.1. The third kappa shape index (κ3) is 2.45. The number of fused-ring (bicyclic) bond motifs is 1. The molecule has 0 saturated carbocycles. The molecule has 1 aromatic carbocycles. The Balaban J connectivity index is 2.18. The van der Waals surface area contributed by atoms with E-state index in [1.165, 1.54) is 0 Å². The van der Waals surface area contributed by atoms with Gasteiger partial charge in [0.05, 0.1) is 24.4 Å². The molecule has 0 spiro atoms. The molecule has 0 bridgehead atoms. The Kier molecular flexibility index (Phi) is 3.73. The molecule has 0 aliphatic rings. The highest BCUT2D eigenvalue weighted by Gasteiger charge is 2.15. The lowest BCUT2D eigenvalue weighted by Gasteiger charge is -2.09. The first-order chi connectivity index (χ1) is 10.1. The van der Waals surface area contributed by atoms with Gasteiger partial charge < -0.3 is 14.5 Å². The summed E-state index contributed by atoms with van der Waals surface area (Å²) in [5.74, 6) is 1.33. The van der Waals surface area contributed by atoms with Gasteiger partial charge in [0.15, 0.2) is 22.3 Å². The van der Waals surface area contributed by atoms with Gasteiger partial charge in [-0.25, -0.2) is 0 Å². The molecule has 1 N–H and O–H groups in total. The number of halogens is 2. The number of H-pyrrole nitrogens is 1. The molecule has 0 unspecified atom stereocenters. The SMILES string of the molecule is COc1ccc(-c2[nH]c3nnc(Cl)cc3c2Br)cc1OC. The van der Waals surface area contributed by atoms with Crippen molar-refractivity contribution >= 4 is 38.6 Å². The summed E-state index contributed by atoms with van der Waals surface area (Å²) in [6, 6.07) is 7.44. The van der Waals surface area contributed by atoms with E-state index in [4.69, 9.17) is 21.1 Å². The average molecular weight is 369 g/mol. The standard InChI is InChI=1S/C14H11BrClN3O2/c1-20-9-4-3-7(5-10(9)21-2)13-12(15)8-6-11(16)18-19-14(8)17-13/h3-6H,1-2H3,(H,17,19). The van der Waals surface area contributed by atoms with Gasteiger partial charge in [0.25, 0.3) is 0 Å². The minimum Gasteiger partial charge on any atom is -0.493 e. The molecular weight excluding hydrogens is 358 g/mol. The molecule has 21 heavy (non-hydrogen) atoms. The van der Waals surface area contributed by atoms with E-state index < -0.39 is 0 Å². The first kappa shape index (κ1) is 14.2. The fraction of sp³-hybridized carbons (Fsp3) is 0.143. The van der Waals surface area contributed by atoms with Crippen molar-refractivity contribution < 1.29 is 9.47 Å². The fourth-order valence-corrected chi connectivity index (χ4v) is 2.90. The van der Waals surface area contributed by atoms with E-state index in [1.807, 2.05) is 18.2 Å². The van der Waals surface area contributed by atoms with Gasteiger partial charge in [-0.3, -0.25) is 0 Å². The Morgan fingerprint density at radius 3 is 2.57 bits per heavy atom. The average Bonchev–Trinajstić information content (AvgIpc) is 2.83. The number of ether oxygens (including phenoxy) is 2. The number of nitrogens with zero attached hydrogens (tertiary/aromatic N) is 2. The third-order valence-corrected chi connectivity index (χ3v) is 4.14. The summed E-state index contributed by atoms with van der Waals surface area (Å²) in [7, 11) is 3.21. The monoisotopic (exact) mass is 367 g/mol. The minimum absolute atomic E-state index is 0.348. The zero-order chi connectivity index (χ0) is 15.0. The van der Waals surface area contributed by atoms with Gasteiger partial charge >= 0.3 is 0 Å². The number of methoxy groups -OCH3 is 2. The smallest absolute Gasteiger partial charge is 0.161 e. The van der Waals surface area contributed by atoms with Crippen LogP contribution in [-0.4, -0.2) is 29.4 Å². The lowest BCUT2D eigenvalue weighted by molar-refractivity contribution is 0.355. The van der Waals surface area contributed by atoms with Crippen LogP contribution in [0.25, 0.3) is 22.3 Å². The van der Waals surface area contributed by atoms with Crippen molar-refractivity contribution in [3.05, 3.63) is 33.9 Å². The second-order valence-corrected chi connectivity index (χ2v) is 5.49. The van der Waals surface area contributed by atoms with E-state index in [-0.39, 0.29) is 0 Å². The molecule has 5 nitrogen and oxygen atoms in total. The van der Waals surface area contributed by atoms with Crippen LogP contribution in [0.15, 0.2) is 28.7 Å². The maximum Gasteiger partial charge on any atom is 0.161 e. The summed E-state index contributed by atoms with van der Waals surface area (Å²) in [6.07, 6.45) is 0. The van der Waals surface area contributed by atoms with Crippen molar-refractivity contribution in [1.29, 1.82) is 0 Å². The van der Waals surface area contributed by atoms with Crippen molar-refractivity contribution in [1.82, 2.24) is 15.2 Å². The van der Waals surface area contributed by atoms with Crippen LogP contribution in [0.5, 0.6) is 11.5 Å². The van der Waals surface area contributed by atoms with Crippen LogP contribution in [-0.2, 0) is 0 Å². The topological polar surface area (TPSA) is 60.0 Å². The van der Waals surface area contributed by atoms with Crippen LogP contribution < -0.4 is 9.47 Å². The van der Waals surface area contributed by atoms with Crippen LogP contribution in [0.2, 0.25) is 5.15 Å². The highest BCUT2D eigenvalue weighted by atomic mass is 79.9. The van der Waals surface area contributed by atoms with E-state index >= 15 is 0 Å².